The SMILES string of the molecule is CCCNC(=O)ON(C(=O)NCCC)C(=O)C1CC1. The molecule has 0 unspecified atom stereocenters. The Morgan fingerprint density at radius 2 is 1.68 bits per heavy atom. The number of urea groups is 1. The zero-order chi connectivity index (χ0) is 14.3. The molecule has 7 heteroatoms. The van der Waals surface area contributed by atoms with Crippen molar-refractivity contribution < 1.29 is 19.2 Å². The van der Waals surface area contributed by atoms with E-state index >= 15 is 0 Å². The highest BCUT2D eigenvalue weighted by atomic mass is 16.7. The molecule has 1 aliphatic rings. The predicted octanol–water partition coefficient (Wildman–Crippen LogP) is 1.40. The van der Waals surface area contributed by atoms with Gasteiger partial charge in [0.1, 0.15) is 0 Å². The van der Waals surface area contributed by atoms with Gasteiger partial charge in [0.2, 0.25) is 0 Å². The van der Waals surface area contributed by atoms with E-state index in [1.54, 1.807) is 0 Å². The van der Waals surface area contributed by atoms with Crippen LogP contribution in [0.2, 0.25) is 0 Å². The number of imide groups is 1. The number of nitrogens with one attached hydrogen (secondary N) is 2. The number of hydrogen-bond acceptors (Lipinski definition) is 4. The topological polar surface area (TPSA) is 87.7 Å². The van der Waals surface area contributed by atoms with Crippen molar-refractivity contribution in [3.8, 4) is 0 Å². The molecule has 2 N–H and O–H groups in total. The third kappa shape index (κ3) is 5.15. The van der Waals surface area contributed by atoms with E-state index in [0.717, 1.165) is 25.7 Å². The molecule has 0 atom stereocenters. The standard InChI is InChI=1S/C12H21N3O4/c1-3-7-13-11(17)15(10(16)9-5-6-9)19-12(18)14-8-4-2/h9H,3-8H2,1-2H3,(H,13,17)(H,14,18). The molecule has 0 radical (unpaired) electrons. The molecule has 0 aromatic rings. The lowest BCUT2D eigenvalue weighted by molar-refractivity contribution is -0.154. The lowest BCUT2D eigenvalue weighted by Crippen LogP contribution is -2.47. The quantitative estimate of drug-likeness (QED) is 0.740. The van der Waals surface area contributed by atoms with Gasteiger partial charge < -0.3 is 15.5 Å². The summed E-state index contributed by atoms with van der Waals surface area (Å²) in [4.78, 5) is 39.9. The Labute approximate surface area is 112 Å². The first kappa shape index (κ1) is 15.3. The maximum Gasteiger partial charge on any atom is 0.432 e. The highest BCUT2D eigenvalue weighted by molar-refractivity contribution is 5.96. The van der Waals surface area contributed by atoms with Crippen LogP contribution in [0.3, 0.4) is 0 Å². The molecular weight excluding hydrogens is 250 g/mol. The minimum Gasteiger partial charge on any atom is -0.335 e. The smallest absolute Gasteiger partial charge is 0.335 e. The fraction of sp³-hybridized carbons (Fsp3) is 0.750. The maximum absolute atomic E-state index is 11.9. The average Bonchev–Trinajstić information content (AvgIpc) is 3.23. The minimum atomic E-state index is -0.789. The van der Waals surface area contributed by atoms with Gasteiger partial charge in [0.25, 0.3) is 5.91 Å². The fourth-order valence-electron chi connectivity index (χ4n) is 1.33. The van der Waals surface area contributed by atoms with E-state index in [1.807, 2.05) is 13.8 Å². The summed E-state index contributed by atoms with van der Waals surface area (Å²) in [7, 11) is 0. The van der Waals surface area contributed by atoms with Gasteiger partial charge >= 0.3 is 12.1 Å². The van der Waals surface area contributed by atoms with Crippen LogP contribution in [0.4, 0.5) is 9.59 Å². The van der Waals surface area contributed by atoms with Crippen molar-refractivity contribution in [2.75, 3.05) is 13.1 Å². The van der Waals surface area contributed by atoms with Crippen molar-refractivity contribution in [2.24, 2.45) is 5.92 Å². The third-order valence-corrected chi connectivity index (χ3v) is 2.53. The van der Waals surface area contributed by atoms with E-state index in [-0.39, 0.29) is 5.92 Å². The predicted molar refractivity (Wildman–Crippen MR) is 68.0 cm³/mol. The molecule has 0 saturated heterocycles. The lowest BCUT2D eigenvalue weighted by Gasteiger charge is -2.19. The van der Waals surface area contributed by atoms with E-state index in [9.17, 15) is 14.4 Å². The second kappa shape index (κ2) is 7.60. The molecule has 0 aromatic heterocycles. The van der Waals surface area contributed by atoms with Gasteiger partial charge in [-0.1, -0.05) is 18.9 Å². The molecule has 1 fully saturated rings. The lowest BCUT2D eigenvalue weighted by atomic mass is 10.4. The molecule has 1 aliphatic carbocycles. The van der Waals surface area contributed by atoms with Crippen LogP contribution in [-0.4, -0.2) is 36.2 Å². The zero-order valence-corrected chi connectivity index (χ0v) is 11.4. The van der Waals surface area contributed by atoms with E-state index in [2.05, 4.69) is 10.6 Å². The number of hydroxylamine groups is 2. The van der Waals surface area contributed by atoms with Crippen molar-refractivity contribution in [2.45, 2.75) is 39.5 Å². The number of carbonyl (C=O) groups is 3. The van der Waals surface area contributed by atoms with Crippen LogP contribution in [0.1, 0.15) is 39.5 Å². The van der Waals surface area contributed by atoms with Gasteiger partial charge in [0.05, 0.1) is 0 Å². The molecular formula is C12H21N3O4. The number of hydrogen-bond donors (Lipinski definition) is 2. The maximum atomic E-state index is 11.9. The van der Waals surface area contributed by atoms with E-state index in [0.29, 0.717) is 18.2 Å². The van der Waals surface area contributed by atoms with E-state index in [4.69, 9.17) is 4.84 Å². The van der Waals surface area contributed by atoms with Gasteiger partial charge in [-0.2, -0.15) is 0 Å². The Hall–Kier alpha value is -1.79. The molecule has 108 valence electrons. The number of amides is 4. The molecule has 4 amide bonds. The summed E-state index contributed by atoms with van der Waals surface area (Å²) in [5.41, 5.74) is 0. The van der Waals surface area contributed by atoms with Gasteiger partial charge in [-0.05, 0) is 25.7 Å². The van der Waals surface area contributed by atoms with Crippen molar-refractivity contribution >= 4 is 18.0 Å². The van der Waals surface area contributed by atoms with Crippen LogP contribution < -0.4 is 10.6 Å². The summed E-state index contributed by atoms with van der Waals surface area (Å²) >= 11 is 0. The molecule has 19 heavy (non-hydrogen) atoms. The van der Waals surface area contributed by atoms with E-state index in [1.165, 1.54) is 0 Å². The summed E-state index contributed by atoms with van der Waals surface area (Å²) in [6, 6.07) is -0.689. The van der Waals surface area contributed by atoms with E-state index < -0.39 is 18.0 Å². The molecule has 1 saturated carbocycles. The van der Waals surface area contributed by atoms with Crippen LogP contribution in [0.15, 0.2) is 0 Å². The van der Waals surface area contributed by atoms with Crippen molar-refractivity contribution in [1.82, 2.24) is 15.7 Å². The minimum absolute atomic E-state index is 0.202. The molecule has 0 aliphatic heterocycles. The number of carbonyl (C=O) groups excluding carboxylic acids is 3. The van der Waals surface area contributed by atoms with Crippen LogP contribution in [0, 0.1) is 5.92 Å². The first-order valence-electron chi connectivity index (χ1n) is 6.67. The van der Waals surface area contributed by atoms with Crippen LogP contribution in [0.25, 0.3) is 0 Å². The summed E-state index contributed by atoms with van der Waals surface area (Å²) in [5, 5.41) is 5.51. The Kier molecular flexibility index (Phi) is 6.11. The first-order valence-corrected chi connectivity index (χ1v) is 6.67. The summed E-state index contributed by atoms with van der Waals surface area (Å²) in [6.45, 7) is 4.64. The van der Waals surface area contributed by atoms with Crippen molar-refractivity contribution in [3.63, 3.8) is 0 Å². The van der Waals surface area contributed by atoms with Gasteiger partial charge in [-0.3, -0.25) is 4.79 Å². The van der Waals surface area contributed by atoms with Gasteiger partial charge in [-0.15, -0.1) is 0 Å². The van der Waals surface area contributed by atoms with Crippen LogP contribution >= 0.6 is 0 Å². The van der Waals surface area contributed by atoms with Crippen molar-refractivity contribution in [3.05, 3.63) is 0 Å². The van der Waals surface area contributed by atoms with Crippen LogP contribution in [0.5, 0.6) is 0 Å². The Balaban J connectivity index is 2.55. The molecule has 0 spiro atoms. The molecule has 0 heterocycles. The molecule has 7 nitrogen and oxygen atoms in total. The zero-order valence-electron chi connectivity index (χ0n) is 11.4. The number of nitrogens with zero attached hydrogens (tertiary/aromatic N) is 1. The Bertz CT molecular complexity index is 342. The Morgan fingerprint density at radius 3 is 2.21 bits per heavy atom. The third-order valence-electron chi connectivity index (χ3n) is 2.53. The van der Waals surface area contributed by atoms with Gasteiger partial charge in [-0.25, -0.2) is 9.59 Å². The summed E-state index contributed by atoms with van der Waals surface area (Å²) < 4.78 is 0. The second-order valence-corrected chi connectivity index (χ2v) is 4.44. The molecule has 1 rings (SSSR count). The summed E-state index contributed by atoms with van der Waals surface area (Å²) in [5.74, 6) is -0.661. The molecule has 0 bridgehead atoms. The Morgan fingerprint density at radius 1 is 1.11 bits per heavy atom. The normalized spacial score (nSPS) is 13.6. The average molecular weight is 271 g/mol. The van der Waals surface area contributed by atoms with Crippen molar-refractivity contribution in [1.29, 1.82) is 0 Å². The van der Waals surface area contributed by atoms with Crippen LogP contribution in [-0.2, 0) is 9.63 Å². The molecule has 0 aromatic carbocycles. The highest BCUT2D eigenvalue weighted by Crippen LogP contribution is 2.31. The first-order chi connectivity index (χ1) is 9.10. The summed E-state index contributed by atoms with van der Waals surface area (Å²) in [6.07, 6.45) is 2.15. The second-order valence-electron chi connectivity index (χ2n) is 4.44. The fourth-order valence-corrected chi connectivity index (χ4v) is 1.33. The van der Waals surface area contributed by atoms with Gasteiger partial charge in [0.15, 0.2) is 0 Å². The largest absolute Gasteiger partial charge is 0.432 e. The van der Waals surface area contributed by atoms with Gasteiger partial charge in [0, 0.05) is 19.0 Å². The number of rotatable bonds is 5. The highest BCUT2D eigenvalue weighted by Gasteiger charge is 2.38. The monoisotopic (exact) mass is 271 g/mol.